The van der Waals surface area contributed by atoms with E-state index in [1.165, 1.54) is 37.1 Å². The van der Waals surface area contributed by atoms with Crippen LogP contribution in [-0.4, -0.2) is 19.1 Å². The Hall–Kier alpha value is -0.730. The first-order valence-corrected chi connectivity index (χ1v) is 8.21. The highest BCUT2D eigenvalue weighted by molar-refractivity contribution is 6.30. The lowest BCUT2D eigenvalue weighted by atomic mass is 10.0. The molecule has 1 N–H and O–H groups in total. The molecule has 1 saturated heterocycles. The number of hydrogen-bond donors (Lipinski definition) is 1. The van der Waals surface area contributed by atoms with Gasteiger partial charge in [-0.05, 0) is 48.9 Å². The normalized spacial score (nSPS) is 20.2. The van der Waals surface area contributed by atoms with Crippen LogP contribution in [0.1, 0.15) is 45.6 Å². The van der Waals surface area contributed by atoms with Crippen LogP contribution in [0.4, 0.5) is 5.69 Å². The number of nitrogens with one attached hydrogen (secondary N) is 1. The van der Waals surface area contributed by atoms with Crippen LogP contribution in [0, 0.1) is 5.92 Å². The van der Waals surface area contributed by atoms with Crippen LogP contribution < -0.4 is 10.2 Å². The summed E-state index contributed by atoms with van der Waals surface area (Å²) in [5.41, 5.74) is 2.68. The SMILES string of the molecule is CC1CCCN(c2ccc(Cl)cc2CNC(C)C)CC1. The predicted molar refractivity (Wildman–Crippen MR) is 88.7 cm³/mol. The van der Waals surface area contributed by atoms with E-state index in [0.717, 1.165) is 24.0 Å². The van der Waals surface area contributed by atoms with Crippen LogP contribution in [0.5, 0.6) is 0 Å². The molecule has 20 heavy (non-hydrogen) atoms. The molecule has 2 rings (SSSR count). The molecule has 0 radical (unpaired) electrons. The number of halogens is 1. The van der Waals surface area contributed by atoms with Crippen LogP contribution in [0.2, 0.25) is 5.02 Å². The molecule has 3 heteroatoms. The molecule has 1 aliphatic rings. The molecule has 2 nitrogen and oxygen atoms in total. The first-order valence-electron chi connectivity index (χ1n) is 7.83. The first-order chi connectivity index (χ1) is 9.56. The van der Waals surface area contributed by atoms with Crippen LogP contribution in [0.25, 0.3) is 0 Å². The zero-order chi connectivity index (χ0) is 14.5. The van der Waals surface area contributed by atoms with Gasteiger partial charge in [-0.15, -0.1) is 0 Å². The van der Waals surface area contributed by atoms with Crippen LogP contribution >= 0.6 is 11.6 Å². The molecule has 0 aliphatic carbocycles. The van der Waals surface area contributed by atoms with E-state index in [0.29, 0.717) is 6.04 Å². The summed E-state index contributed by atoms with van der Waals surface area (Å²) in [6.45, 7) is 9.94. The topological polar surface area (TPSA) is 15.3 Å². The fourth-order valence-corrected chi connectivity index (χ4v) is 3.02. The molecule has 1 atom stereocenters. The minimum atomic E-state index is 0.492. The highest BCUT2D eigenvalue weighted by Gasteiger charge is 2.16. The van der Waals surface area contributed by atoms with Gasteiger partial charge in [-0.3, -0.25) is 0 Å². The Morgan fingerprint density at radius 2 is 2.10 bits per heavy atom. The van der Waals surface area contributed by atoms with E-state index in [1.807, 2.05) is 6.07 Å². The molecule has 0 saturated carbocycles. The molecule has 1 fully saturated rings. The van der Waals surface area contributed by atoms with Crippen molar-refractivity contribution in [2.24, 2.45) is 5.92 Å². The molecule has 0 aromatic heterocycles. The molecule has 1 aromatic carbocycles. The van der Waals surface area contributed by atoms with E-state index in [-0.39, 0.29) is 0 Å². The van der Waals surface area contributed by atoms with Gasteiger partial charge in [-0.25, -0.2) is 0 Å². The van der Waals surface area contributed by atoms with Gasteiger partial charge in [-0.2, -0.15) is 0 Å². The second-order valence-corrected chi connectivity index (χ2v) is 6.77. The van der Waals surface area contributed by atoms with Crippen molar-refractivity contribution >= 4 is 17.3 Å². The van der Waals surface area contributed by atoms with E-state index in [4.69, 9.17) is 11.6 Å². The summed E-state index contributed by atoms with van der Waals surface area (Å²) in [6, 6.07) is 6.81. The predicted octanol–water partition coefficient (Wildman–Crippen LogP) is 4.46. The molecule has 1 unspecified atom stereocenters. The van der Waals surface area contributed by atoms with Crippen molar-refractivity contribution in [2.45, 2.75) is 52.6 Å². The van der Waals surface area contributed by atoms with Crippen molar-refractivity contribution in [1.29, 1.82) is 0 Å². The van der Waals surface area contributed by atoms with Gasteiger partial charge in [-0.1, -0.05) is 32.4 Å². The summed E-state index contributed by atoms with van der Waals surface area (Å²) in [7, 11) is 0. The van der Waals surface area contributed by atoms with Gasteiger partial charge in [0.05, 0.1) is 0 Å². The van der Waals surface area contributed by atoms with Gasteiger partial charge >= 0.3 is 0 Å². The van der Waals surface area contributed by atoms with Crippen LogP contribution in [0.3, 0.4) is 0 Å². The average molecular weight is 295 g/mol. The van der Waals surface area contributed by atoms with Crippen molar-refractivity contribution in [1.82, 2.24) is 5.32 Å². The zero-order valence-corrected chi connectivity index (χ0v) is 13.7. The van der Waals surface area contributed by atoms with Gasteiger partial charge in [0, 0.05) is 36.4 Å². The standard InChI is InChI=1S/C17H27ClN2/c1-13(2)19-12-15-11-16(18)6-7-17(15)20-9-4-5-14(3)8-10-20/h6-7,11,13-14,19H,4-5,8-10,12H2,1-3H3. The third kappa shape index (κ3) is 4.39. The average Bonchev–Trinajstić information content (AvgIpc) is 2.61. The first kappa shape index (κ1) is 15.7. The molecule has 0 spiro atoms. The lowest BCUT2D eigenvalue weighted by molar-refractivity contribution is 0.521. The summed E-state index contributed by atoms with van der Waals surface area (Å²) in [5, 5.41) is 4.34. The maximum atomic E-state index is 6.18. The van der Waals surface area contributed by atoms with Gasteiger partial charge in [0.2, 0.25) is 0 Å². The summed E-state index contributed by atoms with van der Waals surface area (Å²) in [5.74, 6) is 0.851. The Morgan fingerprint density at radius 1 is 1.30 bits per heavy atom. The van der Waals surface area contributed by atoms with Crippen molar-refractivity contribution < 1.29 is 0 Å². The number of hydrogen-bond acceptors (Lipinski definition) is 2. The number of anilines is 1. The minimum Gasteiger partial charge on any atom is -0.371 e. The second-order valence-electron chi connectivity index (χ2n) is 6.33. The summed E-state index contributed by atoms with van der Waals surface area (Å²) in [6.07, 6.45) is 3.93. The number of nitrogens with zero attached hydrogens (tertiary/aromatic N) is 1. The highest BCUT2D eigenvalue weighted by atomic mass is 35.5. The molecular formula is C17H27ClN2. The quantitative estimate of drug-likeness (QED) is 0.882. The van der Waals surface area contributed by atoms with Gasteiger partial charge < -0.3 is 10.2 Å². The van der Waals surface area contributed by atoms with E-state index in [2.05, 4.69) is 43.1 Å². The maximum Gasteiger partial charge on any atom is 0.0412 e. The largest absolute Gasteiger partial charge is 0.371 e. The fourth-order valence-electron chi connectivity index (χ4n) is 2.82. The monoisotopic (exact) mass is 294 g/mol. The Labute approximate surface area is 128 Å². The van der Waals surface area contributed by atoms with E-state index in [1.54, 1.807) is 0 Å². The Balaban J connectivity index is 2.16. The number of benzene rings is 1. The fraction of sp³-hybridized carbons (Fsp3) is 0.647. The number of rotatable bonds is 4. The van der Waals surface area contributed by atoms with Crippen molar-refractivity contribution in [3.63, 3.8) is 0 Å². The van der Waals surface area contributed by atoms with Crippen molar-refractivity contribution in [2.75, 3.05) is 18.0 Å². The Kier molecular flexibility index (Phi) is 5.74. The highest BCUT2D eigenvalue weighted by Crippen LogP contribution is 2.28. The molecule has 1 aliphatic heterocycles. The second kappa shape index (κ2) is 7.33. The lowest BCUT2D eigenvalue weighted by Gasteiger charge is -2.26. The van der Waals surface area contributed by atoms with E-state index in [9.17, 15) is 0 Å². The molecule has 0 bridgehead atoms. The summed E-state index contributed by atoms with van der Waals surface area (Å²) in [4.78, 5) is 2.54. The smallest absolute Gasteiger partial charge is 0.0412 e. The van der Waals surface area contributed by atoms with Gasteiger partial charge in [0.25, 0.3) is 0 Å². The van der Waals surface area contributed by atoms with Crippen molar-refractivity contribution in [3.8, 4) is 0 Å². The summed E-state index contributed by atoms with van der Waals surface area (Å²) >= 11 is 6.18. The molecule has 1 aromatic rings. The van der Waals surface area contributed by atoms with E-state index >= 15 is 0 Å². The maximum absolute atomic E-state index is 6.18. The van der Waals surface area contributed by atoms with E-state index < -0.39 is 0 Å². The minimum absolute atomic E-state index is 0.492. The summed E-state index contributed by atoms with van der Waals surface area (Å²) < 4.78 is 0. The third-order valence-electron chi connectivity index (χ3n) is 4.10. The molecule has 0 amide bonds. The molecule has 1 heterocycles. The van der Waals surface area contributed by atoms with Crippen LogP contribution in [0.15, 0.2) is 18.2 Å². The Morgan fingerprint density at radius 3 is 2.85 bits per heavy atom. The lowest BCUT2D eigenvalue weighted by Crippen LogP contribution is -2.28. The van der Waals surface area contributed by atoms with Crippen LogP contribution in [-0.2, 0) is 6.54 Å². The third-order valence-corrected chi connectivity index (χ3v) is 4.33. The molecular weight excluding hydrogens is 268 g/mol. The van der Waals surface area contributed by atoms with Crippen molar-refractivity contribution in [3.05, 3.63) is 28.8 Å². The van der Waals surface area contributed by atoms with Gasteiger partial charge in [0.15, 0.2) is 0 Å². The Bertz CT molecular complexity index is 431. The molecule has 112 valence electrons. The van der Waals surface area contributed by atoms with Gasteiger partial charge in [0.1, 0.15) is 0 Å². The zero-order valence-electron chi connectivity index (χ0n) is 13.0.